The minimum atomic E-state index is -1.76. The van der Waals surface area contributed by atoms with Crippen molar-refractivity contribution in [3.63, 3.8) is 0 Å². The molecule has 3 aromatic carbocycles. The Kier molecular flexibility index (Phi) is 10.1. The Morgan fingerprint density at radius 3 is 2.09 bits per heavy atom. The van der Waals surface area contributed by atoms with E-state index >= 15 is 0 Å². The molecule has 0 fully saturated rings. The maximum atomic E-state index is 12.9. The molecule has 1 aliphatic carbocycles. The number of carbonyl (C=O) groups is 4. The predicted octanol–water partition coefficient (Wildman–Crippen LogP) is 5.62. The van der Waals surface area contributed by atoms with Crippen molar-refractivity contribution in [3.05, 3.63) is 94.7 Å². The third-order valence-electron chi connectivity index (χ3n) is 6.56. The van der Waals surface area contributed by atoms with Gasteiger partial charge in [0.25, 0.3) is 0 Å². The summed E-state index contributed by atoms with van der Waals surface area (Å²) in [5.41, 5.74) is 2.53. The summed E-state index contributed by atoms with van der Waals surface area (Å²) in [5, 5.41) is 31.5. The first-order valence-electron chi connectivity index (χ1n) is 13.5. The second-order valence-electron chi connectivity index (χ2n) is 10.8. The Labute approximate surface area is 257 Å². The zero-order valence-electron chi connectivity index (χ0n) is 24.1. The number of alkyl carbamates (subject to hydrolysis) is 1. The van der Waals surface area contributed by atoms with E-state index in [4.69, 9.17) is 14.2 Å². The van der Waals surface area contributed by atoms with Gasteiger partial charge in [-0.25, -0.2) is 19.2 Å². The van der Waals surface area contributed by atoms with Crippen LogP contribution in [0.3, 0.4) is 0 Å². The fourth-order valence-electron chi connectivity index (χ4n) is 4.72. The molecule has 13 heteroatoms. The van der Waals surface area contributed by atoms with E-state index in [0.29, 0.717) is 11.8 Å². The molecule has 0 bridgehead atoms. The van der Waals surface area contributed by atoms with Crippen molar-refractivity contribution in [3.8, 4) is 11.1 Å². The van der Waals surface area contributed by atoms with Gasteiger partial charge in [0.2, 0.25) is 6.10 Å². The quantitative estimate of drug-likeness (QED) is 0.145. The number of esters is 1. The van der Waals surface area contributed by atoms with Gasteiger partial charge in [0.05, 0.1) is 5.69 Å². The molecule has 0 saturated heterocycles. The molecule has 0 radical (unpaired) electrons. The molecule has 0 aromatic heterocycles. The number of ether oxygens (including phenoxy) is 3. The maximum absolute atomic E-state index is 12.9. The minimum absolute atomic E-state index is 0.0417. The molecule has 3 aromatic rings. The number of para-hydroxylation sites is 1. The molecule has 1 aliphatic rings. The Hall–Kier alpha value is -4.59. The largest absolute Gasteiger partial charge is 0.733 e. The summed E-state index contributed by atoms with van der Waals surface area (Å²) in [5.74, 6) is -3.17. The van der Waals surface area contributed by atoms with Crippen molar-refractivity contribution in [2.75, 3.05) is 17.6 Å². The second-order valence-corrected chi connectivity index (χ2v) is 11.7. The maximum Gasteiger partial charge on any atom is 0.407 e. The number of benzene rings is 3. The highest BCUT2D eigenvalue weighted by molar-refractivity contribution is 8.13. The summed E-state index contributed by atoms with van der Waals surface area (Å²) in [7, 11) is 0. The first-order valence-corrected chi connectivity index (χ1v) is 14.5. The van der Waals surface area contributed by atoms with Crippen molar-refractivity contribution in [2.45, 2.75) is 44.4 Å². The molecular formula is C31H31N2O10S-. The number of carbonyl (C=O) groups excluding carboxylic acids is 3. The third-order valence-corrected chi connectivity index (χ3v) is 7.39. The van der Waals surface area contributed by atoms with Gasteiger partial charge in [-0.3, -0.25) is 5.21 Å². The number of anilines is 1. The number of thioether (sulfide) groups is 1. The van der Waals surface area contributed by atoms with Crippen LogP contribution in [0.25, 0.3) is 11.1 Å². The van der Waals surface area contributed by atoms with Crippen LogP contribution in [0.4, 0.5) is 15.3 Å². The summed E-state index contributed by atoms with van der Waals surface area (Å²) in [4.78, 5) is 50.2. The fourth-order valence-corrected chi connectivity index (χ4v) is 5.41. The number of hydrogen-bond acceptors (Lipinski definition) is 11. The van der Waals surface area contributed by atoms with Crippen LogP contribution in [0.2, 0.25) is 0 Å². The minimum Gasteiger partial charge on any atom is -0.733 e. The van der Waals surface area contributed by atoms with Crippen molar-refractivity contribution in [1.82, 2.24) is 5.32 Å². The van der Waals surface area contributed by atoms with E-state index in [1.165, 1.54) is 24.3 Å². The molecule has 2 atom stereocenters. The van der Waals surface area contributed by atoms with Crippen LogP contribution in [0, 0.1) is 5.21 Å². The highest BCUT2D eigenvalue weighted by Gasteiger charge is 2.34. The number of nitrogens with zero attached hydrogens (tertiary/aromatic N) is 1. The van der Waals surface area contributed by atoms with Crippen LogP contribution in [-0.4, -0.2) is 57.6 Å². The normalized spacial score (nSPS) is 13.6. The zero-order valence-corrected chi connectivity index (χ0v) is 24.9. The SMILES string of the molecule is CC(C)(C)OC(=O)C(OC(=O)SC[C@@H](NC(=O)OCC1c2ccccc2-c2ccccc21)C(=O)O)c1ccccc1N([O-])O. The lowest BCUT2D eigenvalue weighted by Crippen LogP contribution is -2.43. The molecule has 0 heterocycles. The molecule has 1 amide bonds. The van der Waals surface area contributed by atoms with Crippen LogP contribution in [-0.2, 0) is 23.8 Å². The lowest BCUT2D eigenvalue weighted by Gasteiger charge is -2.29. The monoisotopic (exact) mass is 623 g/mol. The van der Waals surface area contributed by atoms with E-state index in [-0.39, 0.29) is 23.8 Å². The Balaban J connectivity index is 1.39. The zero-order chi connectivity index (χ0) is 32.0. The van der Waals surface area contributed by atoms with Crippen molar-refractivity contribution < 1.29 is 43.7 Å². The average Bonchev–Trinajstić information content (AvgIpc) is 3.29. The topological polar surface area (TPSA) is 175 Å². The predicted molar refractivity (Wildman–Crippen MR) is 161 cm³/mol. The lowest BCUT2D eigenvalue weighted by atomic mass is 9.98. The van der Waals surface area contributed by atoms with Crippen molar-refractivity contribution >= 4 is 40.8 Å². The molecule has 3 N–H and O–H groups in total. The van der Waals surface area contributed by atoms with Crippen LogP contribution in [0.1, 0.15) is 49.5 Å². The van der Waals surface area contributed by atoms with E-state index < -0.39 is 52.1 Å². The lowest BCUT2D eigenvalue weighted by molar-refractivity contribution is -0.165. The molecular weight excluding hydrogens is 592 g/mol. The van der Waals surface area contributed by atoms with Gasteiger partial charge in [-0.2, -0.15) is 0 Å². The number of carboxylic acid groups (broad SMARTS) is 1. The highest BCUT2D eigenvalue weighted by atomic mass is 32.2. The second kappa shape index (κ2) is 13.8. The van der Waals surface area contributed by atoms with Gasteiger partial charge >= 0.3 is 23.3 Å². The van der Waals surface area contributed by atoms with E-state index in [1.807, 2.05) is 48.5 Å². The van der Waals surface area contributed by atoms with Gasteiger partial charge in [0, 0.05) is 17.2 Å². The smallest absolute Gasteiger partial charge is 0.407 e. The average molecular weight is 624 g/mol. The summed E-state index contributed by atoms with van der Waals surface area (Å²) >= 11 is 0.378. The first-order chi connectivity index (χ1) is 20.9. The number of amides is 1. The summed E-state index contributed by atoms with van der Waals surface area (Å²) in [6, 6.07) is 19.3. The molecule has 44 heavy (non-hydrogen) atoms. The Morgan fingerprint density at radius 1 is 0.955 bits per heavy atom. The van der Waals surface area contributed by atoms with Gasteiger partial charge in [-0.15, -0.1) is 0 Å². The Morgan fingerprint density at radius 2 is 1.52 bits per heavy atom. The first kappa shape index (κ1) is 32.3. The van der Waals surface area contributed by atoms with Crippen molar-refractivity contribution in [2.24, 2.45) is 0 Å². The molecule has 0 aliphatic heterocycles. The molecule has 12 nitrogen and oxygen atoms in total. The highest BCUT2D eigenvalue weighted by Crippen LogP contribution is 2.44. The van der Waals surface area contributed by atoms with E-state index in [1.54, 1.807) is 20.8 Å². The van der Waals surface area contributed by atoms with Crippen LogP contribution in [0.5, 0.6) is 0 Å². The van der Waals surface area contributed by atoms with Gasteiger partial charge in [0.15, 0.2) is 0 Å². The van der Waals surface area contributed by atoms with Gasteiger partial charge in [-0.1, -0.05) is 66.7 Å². The Bertz CT molecular complexity index is 1490. The van der Waals surface area contributed by atoms with Gasteiger partial charge in [0.1, 0.15) is 18.2 Å². The molecule has 1 unspecified atom stereocenters. The number of aliphatic carboxylic acids is 1. The van der Waals surface area contributed by atoms with E-state index in [2.05, 4.69) is 5.32 Å². The van der Waals surface area contributed by atoms with E-state index in [9.17, 15) is 34.7 Å². The standard InChI is InChI=1S/C31H31N2O10S/c1-31(2,3)43-28(36)26(22-14-8-9-15-25(22)33(39)40)42-30(38)44-17-24(27(34)35)32-29(37)41-16-23-20-12-6-4-10-18(20)19-11-5-7-13-21(19)23/h4-15,23-24,26,39H,16-17H2,1-3H3,(H,32,37)(H,34,35)/q-1/t24-,26?/m1/s1. The molecule has 0 saturated carbocycles. The number of hydrogen-bond donors (Lipinski definition) is 3. The molecule has 232 valence electrons. The molecule has 4 rings (SSSR count). The fraction of sp³-hybridized carbons (Fsp3) is 0.290. The van der Waals surface area contributed by atoms with Gasteiger partial charge in [-0.05, 0) is 60.9 Å². The number of nitrogens with one attached hydrogen (secondary N) is 1. The van der Waals surface area contributed by atoms with Crippen LogP contribution >= 0.6 is 11.8 Å². The van der Waals surface area contributed by atoms with Crippen LogP contribution in [0.15, 0.2) is 72.8 Å². The van der Waals surface area contributed by atoms with Crippen molar-refractivity contribution in [1.29, 1.82) is 0 Å². The summed E-state index contributed by atoms with van der Waals surface area (Å²) in [6.45, 7) is 4.72. The number of carboxylic acids is 1. The number of fused-ring (bicyclic) bond motifs is 3. The molecule has 0 spiro atoms. The number of rotatable bonds is 10. The third kappa shape index (κ3) is 7.86. The van der Waals surface area contributed by atoms with Gasteiger partial charge < -0.3 is 35.1 Å². The summed E-state index contributed by atoms with van der Waals surface area (Å²) in [6.07, 6.45) is -2.75. The van der Waals surface area contributed by atoms with Crippen LogP contribution < -0.4 is 10.5 Å². The summed E-state index contributed by atoms with van der Waals surface area (Å²) < 4.78 is 16.0. The van der Waals surface area contributed by atoms with E-state index in [0.717, 1.165) is 22.3 Å².